The fraction of sp³-hybridized carbons (Fsp3) is 0.667. The monoisotopic (exact) mass is 374 g/mol. The van der Waals surface area contributed by atoms with Gasteiger partial charge in [0, 0.05) is 12.2 Å². The minimum atomic E-state index is -5.18. The van der Waals surface area contributed by atoms with Crippen LogP contribution in [0, 0.1) is 0 Å². The Kier molecular flexibility index (Phi) is 9.18. The predicted molar refractivity (Wildman–Crippen MR) is 77.0 cm³/mol. The minimum absolute atomic E-state index is 0.0658. The Labute approximate surface area is 140 Å². The van der Waals surface area contributed by atoms with Crippen molar-refractivity contribution in [1.82, 2.24) is 10.6 Å². The molecule has 2 N–H and O–H groups in total. The van der Waals surface area contributed by atoms with E-state index in [4.69, 9.17) is 0 Å². The fourth-order valence-corrected chi connectivity index (χ4v) is 1.73. The number of alkyl halides is 3. The fourth-order valence-electron chi connectivity index (χ4n) is 1.49. The van der Waals surface area contributed by atoms with Gasteiger partial charge in [0.05, 0.1) is 14.2 Å². The van der Waals surface area contributed by atoms with Crippen LogP contribution in [0.1, 0.15) is 12.8 Å². The lowest BCUT2D eigenvalue weighted by Crippen LogP contribution is -2.48. The minimum Gasteiger partial charge on any atom is -0.467 e. The summed E-state index contributed by atoms with van der Waals surface area (Å²) in [5, 5.41) is 3.68. The van der Waals surface area contributed by atoms with Crippen molar-refractivity contribution >= 4 is 36.4 Å². The molecule has 0 aromatic heterocycles. The first-order chi connectivity index (χ1) is 11.1. The third kappa shape index (κ3) is 7.53. The molecule has 0 aromatic carbocycles. The van der Waals surface area contributed by atoms with Gasteiger partial charge < -0.3 is 20.1 Å². The van der Waals surface area contributed by atoms with Gasteiger partial charge in [0.15, 0.2) is 0 Å². The van der Waals surface area contributed by atoms with Crippen molar-refractivity contribution in [3.8, 4) is 0 Å². The maximum Gasteiger partial charge on any atom is 0.471 e. The number of amides is 2. The summed E-state index contributed by atoms with van der Waals surface area (Å²) in [5.74, 6) is -5.04. The largest absolute Gasteiger partial charge is 0.471 e. The van der Waals surface area contributed by atoms with Crippen molar-refractivity contribution in [2.45, 2.75) is 31.1 Å². The molecule has 0 saturated heterocycles. The molecule has 12 heteroatoms. The summed E-state index contributed by atoms with van der Waals surface area (Å²) in [4.78, 5) is 45.3. The summed E-state index contributed by atoms with van der Waals surface area (Å²) in [6.45, 7) is 0. The number of carbonyl (C=O) groups is 4. The number of esters is 2. The van der Waals surface area contributed by atoms with Gasteiger partial charge >= 0.3 is 24.0 Å². The molecule has 0 heterocycles. The van der Waals surface area contributed by atoms with Gasteiger partial charge in [-0.15, -0.1) is 0 Å². The SMILES string of the molecule is COC(=O)[C@@H](CS)NC(=O)CC[C@@H](NC(=O)C(F)(F)F)C(=O)OC. The molecular formula is C12H17F3N2O6S. The second-order valence-corrected chi connectivity index (χ2v) is 4.78. The number of thiol groups is 1. The predicted octanol–water partition coefficient (Wildman–Crippen LogP) is -0.426. The van der Waals surface area contributed by atoms with E-state index < -0.39 is 54.9 Å². The van der Waals surface area contributed by atoms with Gasteiger partial charge in [-0.3, -0.25) is 9.59 Å². The van der Waals surface area contributed by atoms with Crippen LogP contribution in [0.3, 0.4) is 0 Å². The molecule has 0 spiro atoms. The average molecular weight is 374 g/mol. The number of methoxy groups -OCH3 is 2. The maximum atomic E-state index is 12.2. The number of ether oxygens (including phenoxy) is 2. The molecule has 0 saturated carbocycles. The van der Waals surface area contributed by atoms with Crippen molar-refractivity contribution in [3.05, 3.63) is 0 Å². The molecule has 0 rings (SSSR count). The number of hydrogen-bond donors (Lipinski definition) is 3. The van der Waals surface area contributed by atoms with Crippen LogP contribution in [0.25, 0.3) is 0 Å². The van der Waals surface area contributed by atoms with Crippen LogP contribution in [0.2, 0.25) is 0 Å². The van der Waals surface area contributed by atoms with Gasteiger partial charge in [-0.05, 0) is 6.42 Å². The molecule has 138 valence electrons. The Morgan fingerprint density at radius 2 is 1.50 bits per heavy atom. The van der Waals surface area contributed by atoms with E-state index in [1.165, 1.54) is 5.32 Å². The highest BCUT2D eigenvalue weighted by Gasteiger charge is 2.41. The molecule has 0 unspecified atom stereocenters. The Morgan fingerprint density at radius 3 is 1.92 bits per heavy atom. The quantitative estimate of drug-likeness (QED) is 0.393. The van der Waals surface area contributed by atoms with Crippen LogP contribution in [0.5, 0.6) is 0 Å². The lowest BCUT2D eigenvalue weighted by molar-refractivity contribution is -0.175. The second kappa shape index (κ2) is 10.0. The van der Waals surface area contributed by atoms with Crippen molar-refractivity contribution in [2.24, 2.45) is 0 Å². The molecule has 0 aliphatic rings. The number of carbonyl (C=O) groups excluding carboxylic acids is 4. The Bertz CT molecular complexity index is 486. The molecule has 0 aromatic rings. The highest BCUT2D eigenvalue weighted by atomic mass is 32.1. The summed E-state index contributed by atoms with van der Waals surface area (Å²) >= 11 is 3.85. The number of nitrogens with one attached hydrogen (secondary N) is 2. The van der Waals surface area contributed by atoms with Gasteiger partial charge in [-0.1, -0.05) is 0 Å². The zero-order chi connectivity index (χ0) is 18.9. The second-order valence-electron chi connectivity index (χ2n) is 4.41. The molecule has 2 amide bonds. The van der Waals surface area contributed by atoms with E-state index in [1.807, 2.05) is 0 Å². The van der Waals surface area contributed by atoms with E-state index in [-0.39, 0.29) is 5.75 Å². The Hall–Kier alpha value is -1.98. The summed E-state index contributed by atoms with van der Waals surface area (Å²) in [6, 6.07) is -2.71. The van der Waals surface area contributed by atoms with Crippen molar-refractivity contribution < 1.29 is 41.8 Å². The summed E-state index contributed by atoms with van der Waals surface area (Å²) < 4.78 is 45.3. The van der Waals surface area contributed by atoms with Gasteiger partial charge in [0.1, 0.15) is 12.1 Å². The number of hydrogen-bond acceptors (Lipinski definition) is 7. The molecule has 0 bridgehead atoms. The third-order valence-corrected chi connectivity index (χ3v) is 3.08. The lowest BCUT2D eigenvalue weighted by atomic mass is 10.1. The summed E-state index contributed by atoms with van der Waals surface area (Å²) in [5.41, 5.74) is 0. The zero-order valence-corrected chi connectivity index (χ0v) is 13.7. The molecule has 2 atom stereocenters. The van der Waals surface area contributed by atoms with Crippen molar-refractivity contribution in [3.63, 3.8) is 0 Å². The molecule has 0 fully saturated rings. The molecule has 0 aliphatic carbocycles. The first-order valence-corrected chi connectivity index (χ1v) is 7.13. The molecular weight excluding hydrogens is 357 g/mol. The molecule has 24 heavy (non-hydrogen) atoms. The van der Waals surface area contributed by atoms with Crippen molar-refractivity contribution in [2.75, 3.05) is 20.0 Å². The van der Waals surface area contributed by atoms with Crippen LogP contribution in [0.15, 0.2) is 0 Å². The first kappa shape index (κ1) is 22.0. The zero-order valence-electron chi connectivity index (χ0n) is 12.8. The van der Waals surface area contributed by atoms with Crippen LogP contribution >= 0.6 is 12.6 Å². The first-order valence-electron chi connectivity index (χ1n) is 6.50. The van der Waals surface area contributed by atoms with Crippen LogP contribution in [0.4, 0.5) is 13.2 Å². The van der Waals surface area contributed by atoms with Crippen LogP contribution in [-0.2, 0) is 28.7 Å². The van der Waals surface area contributed by atoms with E-state index in [0.717, 1.165) is 14.2 Å². The van der Waals surface area contributed by atoms with Gasteiger partial charge in [-0.25, -0.2) is 9.59 Å². The number of rotatable bonds is 8. The lowest BCUT2D eigenvalue weighted by Gasteiger charge is -2.18. The topological polar surface area (TPSA) is 111 Å². The van der Waals surface area contributed by atoms with E-state index >= 15 is 0 Å². The van der Waals surface area contributed by atoms with Crippen LogP contribution < -0.4 is 10.6 Å². The van der Waals surface area contributed by atoms with Crippen molar-refractivity contribution in [1.29, 1.82) is 0 Å². The van der Waals surface area contributed by atoms with Gasteiger partial charge in [-0.2, -0.15) is 25.8 Å². The highest BCUT2D eigenvalue weighted by Crippen LogP contribution is 2.15. The van der Waals surface area contributed by atoms with E-state index in [9.17, 15) is 32.3 Å². The van der Waals surface area contributed by atoms with E-state index in [2.05, 4.69) is 27.4 Å². The molecule has 0 aliphatic heterocycles. The van der Waals surface area contributed by atoms with E-state index in [0.29, 0.717) is 0 Å². The molecule has 0 radical (unpaired) electrons. The summed E-state index contributed by atoms with van der Waals surface area (Å²) in [7, 11) is 2.02. The van der Waals surface area contributed by atoms with Gasteiger partial charge in [0.25, 0.3) is 0 Å². The maximum absolute atomic E-state index is 12.2. The Balaban J connectivity index is 4.71. The summed E-state index contributed by atoms with van der Waals surface area (Å²) in [6.07, 6.45) is -6.09. The standard InChI is InChI=1S/C12H17F3N2O6S/c1-22-9(19)6(17-11(21)12(13,14)15)3-4-8(18)16-7(5-24)10(20)23-2/h6-7,24H,3-5H2,1-2H3,(H,16,18)(H,17,21)/t6-,7-/m1/s1. The average Bonchev–Trinajstić information content (AvgIpc) is 2.53. The smallest absolute Gasteiger partial charge is 0.467 e. The number of halogens is 3. The Morgan fingerprint density at radius 1 is 1.00 bits per heavy atom. The third-order valence-electron chi connectivity index (χ3n) is 2.71. The highest BCUT2D eigenvalue weighted by molar-refractivity contribution is 7.80. The van der Waals surface area contributed by atoms with Gasteiger partial charge in [0.2, 0.25) is 5.91 Å². The molecule has 8 nitrogen and oxygen atoms in total. The van der Waals surface area contributed by atoms with E-state index in [1.54, 1.807) is 0 Å². The normalized spacial score (nSPS) is 13.4. The van der Waals surface area contributed by atoms with Crippen LogP contribution in [-0.4, -0.2) is 62.0 Å².